The fourth-order valence-corrected chi connectivity index (χ4v) is 2.85. The summed E-state index contributed by atoms with van der Waals surface area (Å²) >= 11 is 4.54. The molecule has 0 atom stereocenters. The van der Waals surface area contributed by atoms with Crippen LogP contribution < -0.4 is 5.32 Å². The van der Waals surface area contributed by atoms with Crippen LogP contribution in [0.25, 0.3) is 0 Å². The number of hydrogen-bond acceptors (Lipinski definition) is 5. The number of amides is 1. The minimum atomic E-state index is -0.350. The Morgan fingerprint density at radius 3 is 2.56 bits per heavy atom. The highest BCUT2D eigenvalue weighted by Gasteiger charge is 2.10. The highest BCUT2D eigenvalue weighted by Crippen LogP contribution is 2.19. The number of carbonyl (C=O) groups is 1. The lowest BCUT2D eigenvalue weighted by atomic mass is 10.2. The molecule has 3 rings (SSSR count). The van der Waals surface area contributed by atoms with Gasteiger partial charge in [0.25, 0.3) is 5.22 Å². The zero-order chi connectivity index (χ0) is 17.6. The molecular weight excluding hydrogens is 409 g/mol. The van der Waals surface area contributed by atoms with Gasteiger partial charge < -0.3 is 9.73 Å². The van der Waals surface area contributed by atoms with Gasteiger partial charge in [-0.2, -0.15) is 0 Å². The first-order valence-corrected chi connectivity index (χ1v) is 9.11. The van der Waals surface area contributed by atoms with Crippen LogP contribution in [-0.2, 0) is 11.2 Å². The van der Waals surface area contributed by atoms with E-state index in [1.54, 1.807) is 0 Å². The number of rotatable bonds is 6. The Hall–Kier alpha value is -2.19. The third-order valence-corrected chi connectivity index (χ3v) is 4.52. The molecule has 1 amide bonds. The fourth-order valence-electron chi connectivity index (χ4n) is 2.00. The van der Waals surface area contributed by atoms with Crippen LogP contribution in [0.15, 0.2) is 62.6 Å². The maximum Gasteiger partial charge on any atom is 0.277 e. The largest absolute Gasteiger partial charge is 0.416 e. The molecular formula is C17H13BrFN3O2S. The molecule has 0 radical (unpaired) electrons. The van der Waals surface area contributed by atoms with E-state index in [-0.39, 0.29) is 17.5 Å². The summed E-state index contributed by atoms with van der Waals surface area (Å²) in [5.74, 6) is 0.0293. The number of aromatic nitrogens is 2. The first kappa shape index (κ1) is 17.6. The summed E-state index contributed by atoms with van der Waals surface area (Å²) in [6.07, 6.45) is 0.530. The zero-order valence-electron chi connectivity index (χ0n) is 12.9. The fraction of sp³-hybridized carbons (Fsp3) is 0.118. The molecule has 1 heterocycles. The van der Waals surface area contributed by atoms with Gasteiger partial charge in [0, 0.05) is 10.2 Å². The molecule has 0 saturated carbocycles. The molecule has 2 aromatic carbocycles. The van der Waals surface area contributed by atoms with Gasteiger partial charge in [0.1, 0.15) is 5.82 Å². The van der Waals surface area contributed by atoms with Crippen molar-refractivity contribution in [1.29, 1.82) is 0 Å². The predicted molar refractivity (Wildman–Crippen MR) is 97.0 cm³/mol. The van der Waals surface area contributed by atoms with Gasteiger partial charge in [-0.1, -0.05) is 39.8 Å². The molecule has 0 aliphatic rings. The number of halogens is 2. The van der Waals surface area contributed by atoms with Gasteiger partial charge >= 0.3 is 0 Å². The SMILES string of the molecule is O=C(CSc1nnc(Cc2ccc(Br)cc2)o1)Nc1ccc(F)cc1. The van der Waals surface area contributed by atoms with Crippen molar-refractivity contribution in [2.24, 2.45) is 0 Å². The van der Waals surface area contributed by atoms with E-state index in [4.69, 9.17) is 4.42 Å². The number of hydrogen-bond donors (Lipinski definition) is 1. The van der Waals surface area contributed by atoms with Crippen molar-refractivity contribution in [3.63, 3.8) is 0 Å². The molecule has 0 spiro atoms. The third-order valence-electron chi connectivity index (χ3n) is 3.17. The average Bonchev–Trinajstić information content (AvgIpc) is 3.05. The number of nitrogens with one attached hydrogen (secondary N) is 1. The van der Waals surface area contributed by atoms with Crippen molar-refractivity contribution in [3.8, 4) is 0 Å². The molecule has 1 aromatic heterocycles. The standard InChI is InChI=1S/C17H13BrFN3O2S/c18-12-3-1-11(2-4-12)9-16-21-22-17(24-16)25-10-15(23)20-14-7-5-13(19)6-8-14/h1-8H,9-10H2,(H,20,23). The first-order chi connectivity index (χ1) is 12.1. The molecule has 0 saturated heterocycles. The molecule has 5 nitrogen and oxygen atoms in total. The van der Waals surface area contributed by atoms with Crippen LogP contribution in [0, 0.1) is 5.82 Å². The van der Waals surface area contributed by atoms with Crippen molar-refractivity contribution in [2.75, 3.05) is 11.1 Å². The van der Waals surface area contributed by atoms with E-state index in [0.29, 0.717) is 23.2 Å². The highest BCUT2D eigenvalue weighted by atomic mass is 79.9. The lowest BCUT2D eigenvalue weighted by Gasteiger charge is -2.03. The van der Waals surface area contributed by atoms with Crippen molar-refractivity contribution in [1.82, 2.24) is 10.2 Å². The lowest BCUT2D eigenvalue weighted by Crippen LogP contribution is -2.13. The first-order valence-electron chi connectivity index (χ1n) is 7.33. The number of benzene rings is 2. The molecule has 1 N–H and O–H groups in total. The van der Waals surface area contributed by atoms with E-state index in [2.05, 4.69) is 31.4 Å². The van der Waals surface area contributed by atoms with E-state index in [9.17, 15) is 9.18 Å². The van der Waals surface area contributed by atoms with Crippen LogP contribution in [0.2, 0.25) is 0 Å². The normalized spacial score (nSPS) is 10.6. The van der Waals surface area contributed by atoms with E-state index >= 15 is 0 Å². The summed E-state index contributed by atoms with van der Waals surface area (Å²) in [6.45, 7) is 0. The molecule has 0 aliphatic carbocycles. The Kier molecular flexibility index (Phi) is 5.83. The topological polar surface area (TPSA) is 68.0 Å². The van der Waals surface area contributed by atoms with Gasteiger partial charge in [0.05, 0.1) is 12.2 Å². The highest BCUT2D eigenvalue weighted by molar-refractivity contribution is 9.10. The van der Waals surface area contributed by atoms with Gasteiger partial charge in [-0.25, -0.2) is 4.39 Å². The van der Waals surface area contributed by atoms with Crippen molar-refractivity contribution in [2.45, 2.75) is 11.6 Å². The summed E-state index contributed by atoms with van der Waals surface area (Å²) in [6, 6.07) is 13.4. The summed E-state index contributed by atoms with van der Waals surface area (Å²) in [4.78, 5) is 11.9. The number of nitrogens with zero attached hydrogens (tertiary/aromatic N) is 2. The quantitative estimate of drug-likeness (QED) is 0.601. The van der Waals surface area contributed by atoms with Gasteiger partial charge in [0.15, 0.2) is 0 Å². The zero-order valence-corrected chi connectivity index (χ0v) is 15.3. The van der Waals surface area contributed by atoms with Gasteiger partial charge in [-0.3, -0.25) is 4.79 Å². The second-order valence-electron chi connectivity index (χ2n) is 5.11. The molecule has 25 heavy (non-hydrogen) atoms. The van der Waals surface area contributed by atoms with Gasteiger partial charge in [0.2, 0.25) is 11.8 Å². The number of carbonyl (C=O) groups excluding carboxylic acids is 1. The average molecular weight is 422 g/mol. The van der Waals surface area contributed by atoms with Crippen LogP contribution in [0.1, 0.15) is 11.5 Å². The van der Waals surface area contributed by atoms with Crippen LogP contribution in [0.5, 0.6) is 0 Å². The van der Waals surface area contributed by atoms with Crippen LogP contribution in [0.3, 0.4) is 0 Å². The molecule has 0 bridgehead atoms. The minimum absolute atomic E-state index is 0.122. The molecule has 8 heteroatoms. The minimum Gasteiger partial charge on any atom is -0.416 e. The Morgan fingerprint density at radius 1 is 1.12 bits per heavy atom. The Bertz CT molecular complexity index is 853. The van der Waals surface area contributed by atoms with Crippen molar-refractivity contribution < 1.29 is 13.6 Å². The van der Waals surface area contributed by atoms with E-state index in [0.717, 1.165) is 21.8 Å². The third kappa shape index (κ3) is 5.40. The molecule has 0 aliphatic heterocycles. The van der Waals surface area contributed by atoms with Gasteiger partial charge in [-0.15, -0.1) is 10.2 Å². The number of thioether (sulfide) groups is 1. The maximum absolute atomic E-state index is 12.8. The lowest BCUT2D eigenvalue weighted by molar-refractivity contribution is -0.113. The summed E-state index contributed by atoms with van der Waals surface area (Å²) in [7, 11) is 0. The van der Waals surface area contributed by atoms with E-state index in [1.807, 2.05) is 24.3 Å². The Balaban J connectivity index is 1.50. The molecule has 0 fully saturated rings. The monoisotopic (exact) mass is 421 g/mol. The second kappa shape index (κ2) is 8.26. The summed E-state index contributed by atoms with van der Waals surface area (Å²) < 4.78 is 19.4. The summed E-state index contributed by atoms with van der Waals surface area (Å²) in [5.41, 5.74) is 1.59. The maximum atomic E-state index is 12.8. The van der Waals surface area contributed by atoms with E-state index < -0.39 is 0 Å². The van der Waals surface area contributed by atoms with Crippen LogP contribution in [0.4, 0.5) is 10.1 Å². The van der Waals surface area contributed by atoms with Crippen molar-refractivity contribution >= 4 is 39.3 Å². The molecule has 128 valence electrons. The Labute approximate surface area is 156 Å². The van der Waals surface area contributed by atoms with Crippen LogP contribution in [-0.4, -0.2) is 21.9 Å². The second-order valence-corrected chi connectivity index (χ2v) is 6.95. The van der Waals surface area contributed by atoms with E-state index in [1.165, 1.54) is 24.3 Å². The summed E-state index contributed by atoms with van der Waals surface area (Å²) in [5, 5.41) is 10.9. The van der Waals surface area contributed by atoms with Crippen LogP contribution >= 0.6 is 27.7 Å². The molecule has 0 unspecified atom stereocenters. The molecule has 3 aromatic rings. The Morgan fingerprint density at radius 2 is 1.84 bits per heavy atom. The number of anilines is 1. The van der Waals surface area contributed by atoms with Gasteiger partial charge in [-0.05, 0) is 42.0 Å². The van der Waals surface area contributed by atoms with Crippen molar-refractivity contribution in [3.05, 3.63) is 70.3 Å². The smallest absolute Gasteiger partial charge is 0.277 e. The predicted octanol–water partition coefficient (Wildman–Crippen LogP) is 4.29.